The van der Waals surface area contributed by atoms with Gasteiger partial charge in [0, 0.05) is 214 Å². The molecule has 0 bridgehead atoms. The molecular formula is C99H109N23O8. The molecule has 31 nitrogen and oxygen atoms in total. The number of benzene rings is 8. The maximum Gasteiger partial charge on any atom is 0.251 e. The molecular weight excluding hydrogens is 1640 g/mol. The van der Waals surface area contributed by atoms with Gasteiger partial charge in [-0.05, 0) is 181 Å². The Morgan fingerprint density at radius 2 is 0.823 bits per heavy atom. The number of aryl methyl sites for hydroxylation is 3. The molecule has 3 aliphatic rings. The molecule has 668 valence electrons. The zero-order valence-electron chi connectivity index (χ0n) is 75.5. The van der Waals surface area contributed by atoms with Crippen LogP contribution in [0.25, 0.3) is 89.2 Å². The van der Waals surface area contributed by atoms with Gasteiger partial charge in [-0.3, -0.25) is 38.8 Å². The number of methoxy groups -OCH3 is 5. The van der Waals surface area contributed by atoms with Crippen LogP contribution in [0, 0.1) is 11.8 Å². The molecule has 19 rings (SSSR count). The van der Waals surface area contributed by atoms with Gasteiger partial charge in [-0.25, -0.2) is 24.6 Å². The van der Waals surface area contributed by atoms with Crippen molar-refractivity contribution < 1.29 is 38.3 Å². The number of likely N-dealkylation sites (N-methyl/N-ethyl adjacent to an activating group) is 1. The number of ether oxygens (including phenoxy) is 6. The second-order valence-corrected chi connectivity index (χ2v) is 33.2. The first kappa shape index (κ1) is 88.7. The number of hydrogen-bond donors (Lipinski definition) is 4. The number of fused-ring (bicyclic) bond motifs is 4. The van der Waals surface area contributed by atoms with Crippen molar-refractivity contribution in [3.63, 3.8) is 0 Å². The van der Waals surface area contributed by atoms with E-state index in [4.69, 9.17) is 48.4 Å². The molecule has 8 aromatic carbocycles. The summed E-state index contributed by atoms with van der Waals surface area (Å²) in [6.07, 6.45) is 30.4. The van der Waals surface area contributed by atoms with Crippen LogP contribution in [0.3, 0.4) is 0 Å². The van der Waals surface area contributed by atoms with Crippen LogP contribution in [0.5, 0.6) is 28.7 Å². The lowest BCUT2D eigenvalue weighted by Crippen LogP contribution is -2.36. The van der Waals surface area contributed by atoms with Crippen molar-refractivity contribution in [3.8, 4) is 73.8 Å². The fraction of sp³-hybridized carbons (Fsp3) is 0.303. The monoisotopic (exact) mass is 1750 g/mol. The maximum atomic E-state index is 12.5. The van der Waals surface area contributed by atoms with E-state index in [0.717, 1.165) is 204 Å². The summed E-state index contributed by atoms with van der Waals surface area (Å²) in [5.74, 6) is 4.68. The van der Waals surface area contributed by atoms with Crippen molar-refractivity contribution in [1.82, 2.24) is 89.6 Å². The number of amides is 1. The summed E-state index contributed by atoms with van der Waals surface area (Å²) in [4.78, 5) is 59.2. The highest BCUT2D eigenvalue weighted by Gasteiger charge is 2.30. The van der Waals surface area contributed by atoms with E-state index < -0.39 is 5.60 Å². The van der Waals surface area contributed by atoms with Crippen LogP contribution >= 0.6 is 0 Å². The van der Waals surface area contributed by atoms with Crippen molar-refractivity contribution in [2.45, 2.75) is 70.6 Å². The molecule has 1 atom stereocenters. The Labute approximate surface area is 755 Å². The van der Waals surface area contributed by atoms with Gasteiger partial charge in [-0.1, -0.05) is 6.07 Å². The van der Waals surface area contributed by atoms with Crippen LogP contribution in [0.2, 0.25) is 0 Å². The van der Waals surface area contributed by atoms with Crippen molar-refractivity contribution in [2.75, 3.05) is 121 Å². The highest BCUT2D eigenvalue weighted by Crippen LogP contribution is 2.42. The first-order chi connectivity index (χ1) is 63.2. The van der Waals surface area contributed by atoms with Gasteiger partial charge < -0.3 is 69.1 Å². The summed E-state index contributed by atoms with van der Waals surface area (Å²) in [5.41, 5.74) is 22.2. The lowest BCUT2D eigenvalue weighted by molar-refractivity contribution is -0.0394. The standard InChI is InChI=1S/C29H32N6O3.C24H27N5O3.C23H26N6O2.C23H24N6/c1-30-29(36)20-11-23(13-24(12-20)37-2)34(17-19-6-7-19)22-8-9-25-26(14-22)33-27(16-31-25)21-15-32-35(18-21)28-5-3-4-10-38-28;1-24(2,30)15-29(18-8-19(31-4)11-20(9-18)32-5)17-6-7-21-22(10-17)27-23(13-25-21)16-12-26-28(3)14-16;1-24-7-8-29(18-9-19(30-3)12-20(10-18)31-4)17-5-6-21-22(11-17)27-23(14-25-21)16-13-26-28(2)15-16;1-24-18-4-3-5-19(10-18)29(14-16-6-7-16)20-8-9-21-22(11-20)27-23(13-25-21)17-12-26-28(2)15-17/h8-9,11-16,18-19,28H,3-7,10,17H2,1-2H3,(H,30,36);6-14,30H,15H2,1-5H3;5-6,9-15,24H,7-8H2,1-4H3;3-5,8-13,15-16,24H,6-7,14H2,1-2H3. The van der Waals surface area contributed by atoms with Gasteiger partial charge >= 0.3 is 0 Å². The van der Waals surface area contributed by atoms with E-state index in [0.29, 0.717) is 35.3 Å². The van der Waals surface area contributed by atoms with Crippen LogP contribution in [0.1, 0.15) is 75.4 Å². The zero-order chi connectivity index (χ0) is 90.5. The van der Waals surface area contributed by atoms with E-state index >= 15 is 0 Å². The Morgan fingerprint density at radius 3 is 1.21 bits per heavy atom. The fourth-order valence-electron chi connectivity index (χ4n) is 15.5. The molecule has 130 heavy (non-hydrogen) atoms. The molecule has 3 fully saturated rings. The summed E-state index contributed by atoms with van der Waals surface area (Å²) in [6.45, 7) is 8.12. The quantitative estimate of drug-likeness (QED) is 0.0338. The Balaban J connectivity index is 0.000000127. The lowest BCUT2D eigenvalue weighted by Gasteiger charge is -2.31. The third-order valence-electron chi connectivity index (χ3n) is 22.8. The number of carbonyl (C=O) groups is 1. The summed E-state index contributed by atoms with van der Waals surface area (Å²) in [6, 6.07) is 50.2. The molecule has 2 saturated carbocycles. The van der Waals surface area contributed by atoms with Crippen molar-refractivity contribution >= 4 is 101 Å². The van der Waals surface area contributed by atoms with Crippen LogP contribution in [-0.4, -0.2) is 192 Å². The van der Waals surface area contributed by atoms with Crippen LogP contribution in [0.15, 0.2) is 226 Å². The van der Waals surface area contributed by atoms with Gasteiger partial charge in [0.25, 0.3) is 5.91 Å². The van der Waals surface area contributed by atoms with Gasteiger partial charge in [-0.2, -0.15) is 20.4 Å². The Bertz CT molecular complexity index is 6590. The Kier molecular flexibility index (Phi) is 27.4. The molecule has 1 amide bonds. The number of nitrogens with one attached hydrogen (secondary N) is 3. The third kappa shape index (κ3) is 21.8. The average Bonchev–Trinajstić information content (AvgIpc) is 1.78. The summed E-state index contributed by atoms with van der Waals surface area (Å²) in [7, 11) is 19.4. The molecule has 2 aliphatic carbocycles. The van der Waals surface area contributed by atoms with E-state index in [1.54, 1.807) is 108 Å². The van der Waals surface area contributed by atoms with Gasteiger partial charge in [0.15, 0.2) is 0 Å². The van der Waals surface area contributed by atoms with Crippen LogP contribution in [-0.2, 0) is 25.9 Å². The number of aromatic nitrogens is 16. The molecule has 4 N–H and O–H groups in total. The number of rotatable bonds is 29. The highest BCUT2D eigenvalue weighted by molar-refractivity contribution is 5.96. The summed E-state index contributed by atoms with van der Waals surface area (Å²) in [5, 5.41) is 37.1. The SMILES string of the molecule is CNC(=O)c1cc(OC)cc(N(CC2CC2)c2ccc3ncc(-c4cnn(C5CCCCO5)c4)nc3c2)c1.CNCCN(c1cc(OC)cc(OC)c1)c1ccc2ncc(-c3cnn(C)c3)nc2c1.CNc1cccc(N(CC2CC2)c2ccc3ncc(-c4cnn(C)c4)nc3c2)c1.COc1cc(OC)cc(N(CC(C)(C)O)c2ccc3ncc(-c4cnn(C)c4)nc3c2)c1. The van der Waals surface area contributed by atoms with E-state index in [1.165, 1.54) is 31.4 Å². The minimum Gasteiger partial charge on any atom is -0.497 e. The van der Waals surface area contributed by atoms with Gasteiger partial charge in [0.05, 0.1) is 164 Å². The first-order valence-electron chi connectivity index (χ1n) is 43.5. The smallest absolute Gasteiger partial charge is 0.251 e. The molecule has 0 spiro atoms. The Morgan fingerprint density at radius 1 is 0.431 bits per heavy atom. The van der Waals surface area contributed by atoms with E-state index in [2.05, 4.69) is 138 Å². The van der Waals surface area contributed by atoms with Gasteiger partial charge in [0.1, 0.15) is 35.0 Å². The van der Waals surface area contributed by atoms with Crippen molar-refractivity contribution in [2.24, 2.45) is 33.0 Å². The fourth-order valence-corrected chi connectivity index (χ4v) is 15.5. The van der Waals surface area contributed by atoms with E-state index in [1.807, 2.05) is 167 Å². The number of aliphatic hydroxyl groups is 1. The molecule has 16 aromatic rings. The lowest BCUT2D eigenvalue weighted by atomic mass is 10.1. The topological polar surface area (TPSA) is 316 Å². The average molecular weight is 1750 g/mol. The van der Waals surface area contributed by atoms with Gasteiger partial charge in [0.2, 0.25) is 0 Å². The predicted octanol–water partition coefficient (Wildman–Crippen LogP) is 17.1. The molecule has 0 radical (unpaired) electrons. The second-order valence-electron chi connectivity index (χ2n) is 33.2. The van der Waals surface area contributed by atoms with E-state index in [-0.39, 0.29) is 12.1 Å². The minimum atomic E-state index is -0.950. The molecule has 9 heterocycles. The molecule has 1 aliphatic heterocycles. The third-order valence-corrected chi connectivity index (χ3v) is 22.8. The Hall–Kier alpha value is -14.7. The number of nitrogens with zero attached hydrogens (tertiary/aromatic N) is 20. The minimum absolute atomic E-state index is 0.0176. The van der Waals surface area contributed by atoms with Crippen LogP contribution < -0.4 is 59.2 Å². The predicted molar refractivity (Wildman–Crippen MR) is 510 cm³/mol. The normalized spacial score (nSPS) is 13.6. The number of carbonyl (C=O) groups excluding carboxylic acids is 1. The largest absolute Gasteiger partial charge is 0.497 e. The van der Waals surface area contributed by atoms with Crippen molar-refractivity contribution in [1.29, 1.82) is 0 Å². The highest BCUT2D eigenvalue weighted by atomic mass is 16.5. The second kappa shape index (κ2) is 40.1. The number of hydrogen-bond acceptors (Lipinski definition) is 26. The van der Waals surface area contributed by atoms with E-state index in [9.17, 15) is 9.90 Å². The van der Waals surface area contributed by atoms with Crippen LogP contribution in [0.4, 0.5) is 51.2 Å². The molecule has 31 heteroatoms. The zero-order valence-corrected chi connectivity index (χ0v) is 75.5. The first-order valence-corrected chi connectivity index (χ1v) is 43.5. The summed E-state index contributed by atoms with van der Waals surface area (Å²) >= 11 is 0. The summed E-state index contributed by atoms with van der Waals surface area (Å²) < 4.78 is 40.4. The van der Waals surface area contributed by atoms with Gasteiger partial charge in [-0.15, -0.1) is 0 Å². The maximum absolute atomic E-state index is 12.5. The molecule has 1 saturated heterocycles. The molecule has 1 unspecified atom stereocenters. The number of anilines is 9. The molecule has 8 aromatic heterocycles. The van der Waals surface area contributed by atoms with Crippen molar-refractivity contribution in [3.05, 3.63) is 232 Å².